The summed E-state index contributed by atoms with van der Waals surface area (Å²) in [5.41, 5.74) is 0.560. The number of aromatic nitrogens is 1. The van der Waals surface area contributed by atoms with Crippen molar-refractivity contribution in [2.45, 2.75) is 13.3 Å². The summed E-state index contributed by atoms with van der Waals surface area (Å²) in [5.74, 6) is 0.0361. The van der Waals surface area contributed by atoms with Gasteiger partial charge in [-0.3, -0.25) is 9.59 Å². The van der Waals surface area contributed by atoms with E-state index >= 15 is 0 Å². The van der Waals surface area contributed by atoms with Gasteiger partial charge in [-0.1, -0.05) is 6.92 Å². The zero-order valence-corrected chi connectivity index (χ0v) is 7.78. The number of hydrogen-bond acceptors (Lipinski definition) is 2. The Morgan fingerprint density at radius 1 is 1.43 bits per heavy atom. The maximum atomic E-state index is 11.7. The summed E-state index contributed by atoms with van der Waals surface area (Å²) in [7, 11) is 0. The highest BCUT2D eigenvalue weighted by atomic mass is 16.2. The van der Waals surface area contributed by atoms with Gasteiger partial charge in [0.1, 0.15) is 5.82 Å². The molecule has 0 bridgehead atoms. The summed E-state index contributed by atoms with van der Waals surface area (Å²) in [6.45, 7) is 1.86. The second-order valence-corrected chi connectivity index (χ2v) is 3.06. The number of nitrogens with one attached hydrogen (secondary N) is 1. The lowest BCUT2D eigenvalue weighted by atomic mass is 10.2. The van der Waals surface area contributed by atoms with Crippen LogP contribution in [0.3, 0.4) is 0 Å². The van der Waals surface area contributed by atoms with Crippen LogP contribution in [-0.2, 0) is 9.59 Å². The van der Waals surface area contributed by atoms with Crippen molar-refractivity contribution in [3.63, 3.8) is 0 Å². The van der Waals surface area contributed by atoms with Crippen molar-refractivity contribution >= 4 is 17.6 Å². The molecule has 0 spiro atoms. The Balaban J connectivity index is 2.34. The molecular weight excluding hydrogens is 180 g/mol. The fraction of sp³-hybridized carbons (Fsp3) is 0.200. The average Bonchev–Trinajstić information content (AvgIpc) is 2.74. The number of carbonyl (C=O) groups excluding carboxylic acids is 2. The first kappa shape index (κ1) is 8.74. The van der Waals surface area contributed by atoms with Crippen LogP contribution in [0, 0.1) is 0 Å². The van der Waals surface area contributed by atoms with E-state index in [4.69, 9.17) is 0 Å². The molecule has 2 heterocycles. The van der Waals surface area contributed by atoms with Crippen LogP contribution in [0.15, 0.2) is 30.0 Å². The number of aromatic amines is 1. The quantitative estimate of drug-likeness (QED) is 0.713. The summed E-state index contributed by atoms with van der Waals surface area (Å²) in [5, 5.41) is 0. The Kier molecular flexibility index (Phi) is 1.96. The minimum absolute atomic E-state index is 0.222. The number of carbonyl (C=O) groups is 2. The van der Waals surface area contributed by atoms with Crippen LogP contribution in [0.1, 0.15) is 13.3 Å². The summed E-state index contributed by atoms with van der Waals surface area (Å²) < 4.78 is 0. The number of H-pyrrole nitrogens is 1. The predicted molar refractivity (Wildman–Crippen MR) is 51.7 cm³/mol. The van der Waals surface area contributed by atoms with Crippen molar-refractivity contribution in [1.82, 2.24) is 4.98 Å². The second-order valence-electron chi connectivity index (χ2n) is 3.06. The standard InChI is InChI=1S/C10H10N2O2/c1-2-7-6-9(13)12(10(7)14)8-4-3-5-11-8/h3-6,11H,2H2,1H3. The number of imide groups is 1. The van der Waals surface area contributed by atoms with Crippen LogP contribution in [0.2, 0.25) is 0 Å². The molecule has 1 aliphatic heterocycles. The van der Waals surface area contributed by atoms with E-state index in [-0.39, 0.29) is 11.8 Å². The molecule has 4 nitrogen and oxygen atoms in total. The van der Waals surface area contributed by atoms with Crippen LogP contribution in [-0.4, -0.2) is 16.8 Å². The van der Waals surface area contributed by atoms with E-state index in [2.05, 4.69) is 4.98 Å². The molecule has 1 aliphatic rings. The van der Waals surface area contributed by atoms with Gasteiger partial charge in [0.05, 0.1) is 0 Å². The predicted octanol–water partition coefficient (Wildman–Crippen LogP) is 1.22. The highest BCUT2D eigenvalue weighted by Gasteiger charge is 2.31. The fourth-order valence-electron chi connectivity index (χ4n) is 1.46. The monoisotopic (exact) mass is 190 g/mol. The van der Waals surface area contributed by atoms with Crippen molar-refractivity contribution in [2.24, 2.45) is 0 Å². The molecule has 0 saturated carbocycles. The molecule has 0 unspecified atom stereocenters. The summed E-state index contributed by atoms with van der Waals surface area (Å²) >= 11 is 0. The van der Waals surface area contributed by atoms with E-state index in [0.717, 1.165) is 4.90 Å². The SMILES string of the molecule is CCC1=CC(=O)N(c2ccc[nH]2)C1=O. The van der Waals surface area contributed by atoms with Crippen molar-refractivity contribution in [1.29, 1.82) is 0 Å². The molecule has 1 aromatic rings. The number of nitrogens with zero attached hydrogens (tertiary/aromatic N) is 1. The largest absolute Gasteiger partial charge is 0.348 e. The first-order valence-corrected chi connectivity index (χ1v) is 4.46. The first-order chi connectivity index (χ1) is 6.74. The second kappa shape index (κ2) is 3.14. The molecule has 0 radical (unpaired) electrons. The average molecular weight is 190 g/mol. The van der Waals surface area contributed by atoms with Crippen LogP contribution in [0.5, 0.6) is 0 Å². The van der Waals surface area contributed by atoms with E-state index in [0.29, 0.717) is 17.8 Å². The van der Waals surface area contributed by atoms with Gasteiger partial charge >= 0.3 is 0 Å². The van der Waals surface area contributed by atoms with Crippen LogP contribution >= 0.6 is 0 Å². The van der Waals surface area contributed by atoms with Crippen LogP contribution in [0.25, 0.3) is 0 Å². The van der Waals surface area contributed by atoms with Gasteiger partial charge in [-0.25, -0.2) is 4.90 Å². The molecular formula is C10H10N2O2. The fourth-order valence-corrected chi connectivity index (χ4v) is 1.46. The minimum atomic E-state index is -0.269. The molecule has 0 fully saturated rings. The smallest absolute Gasteiger partial charge is 0.262 e. The molecule has 1 aromatic heterocycles. The number of anilines is 1. The maximum absolute atomic E-state index is 11.7. The van der Waals surface area contributed by atoms with Crippen molar-refractivity contribution < 1.29 is 9.59 Å². The Morgan fingerprint density at radius 2 is 2.21 bits per heavy atom. The molecule has 2 amide bonds. The van der Waals surface area contributed by atoms with Crippen molar-refractivity contribution in [3.05, 3.63) is 30.0 Å². The molecule has 4 heteroatoms. The molecule has 1 N–H and O–H groups in total. The lowest BCUT2D eigenvalue weighted by molar-refractivity contribution is -0.120. The number of rotatable bonds is 2. The van der Waals surface area contributed by atoms with Crippen molar-refractivity contribution in [2.75, 3.05) is 4.90 Å². The highest BCUT2D eigenvalue weighted by molar-refractivity contribution is 6.30. The van der Waals surface area contributed by atoms with Gasteiger partial charge in [0.2, 0.25) is 0 Å². The molecule has 0 atom stereocenters. The number of hydrogen-bond donors (Lipinski definition) is 1. The molecule has 0 aromatic carbocycles. The Morgan fingerprint density at radius 3 is 2.71 bits per heavy atom. The van der Waals surface area contributed by atoms with E-state index < -0.39 is 0 Å². The topological polar surface area (TPSA) is 53.2 Å². The Hall–Kier alpha value is -1.84. The summed E-state index contributed by atoms with van der Waals surface area (Å²) in [6, 6.07) is 3.45. The third-order valence-electron chi connectivity index (χ3n) is 2.20. The van der Waals surface area contributed by atoms with E-state index in [9.17, 15) is 9.59 Å². The van der Waals surface area contributed by atoms with Crippen LogP contribution in [0.4, 0.5) is 5.82 Å². The van der Waals surface area contributed by atoms with Gasteiger partial charge < -0.3 is 4.98 Å². The van der Waals surface area contributed by atoms with E-state index in [1.165, 1.54) is 6.08 Å². The van der Waals surface area contributed by atoms with Crippen LogP contribution < -0.4 is 4.90 Å². The highest BCUT2D eigenvalue weighted by Crippen LogP contribution is 2.21. The van der Waals surface area contributed by atoms with Gasteiger partial charge in [-0.2, -0.15) is 0 Å². The molecule has 0 saturated heterocycles. The lowest BCUT2D eigenvalue weighted by Crippen LogP contribution is -2.30. The zero-order chi connectivity index (χ0) is 10.1. The molecule has 2 rings (SSSR count). The van der Waals surface area contributed by atoms with Gasteiger partial charge in [-0.05, 0) is 18.6 Å². The molecule has 72 valence electrons. The van der Waals surface area contributed by atoms with Crippen molar-refractivity contribution in [3.8, 4) is 0 Å². The first-order valence-electron chi connectivity index (χ1n) is 4.46. The lowest BCUT2D eigenvalue weighted by Gasteiger charge is -2.11. The van der Waals surface area contributed by atoms with Gasteiger partial charge in [0, 0.05) is 17.8 Å². The zero-order valence-electron chi connectivity index (χ0n) is 7.78. The van der Waals surface area contributed by atoms with Gasteiger partial charge in [0.15, 0.2) is 0 Å². The third-order valence-corrected chi connectivity index (χ3v) is 2.20. The number of amides is 2. The van der Waals surface area contributed by atoms with E-state index in [1.54, 1.807) is 18.3 Å². The van der Waals surface area contributed by atoms with Gasteiger partial charge in [-0.15, -0.1) is 0 Å². The Bertz CT molecular complexity index is 404. The minimum Gasteiger partial charge on any atom is -0.348 e. The van der Waals surface area contributed by atoms with Gasteiger partial charge in [0.25, 0.3) is 11.8 Å². The Labute approximate surface area is 81.2 Å². The van der Waals surface area contributed by atoms with E-state index in [1.807, 2.05) is 6.92 Å². The molecule has 0 aliphatic carbocycles. The maximum Gasteiger partial charge on any atom is 0.262 e. The third kappa shape index (κ3) is 1.16. The summed E-state index contributed by atoms with van der Waals surface area (Å²) in [6.07, 6.45) is 3.66. The molecule has 14 heavy (non-hydrogen) atoms. The normalized spacial score (nSPS) is 16.4. The summed E-state index contributed by atoms with van der Waals surface area (Å²) in [4.78, 5) is 27.1.